The van der Waals surface area contributed by atoms with E-state index < -0.39 is 0 Å². The first-order chi connectivity index (χ1) is 9.22. The van der Waals surface area contributed by atoms with E-state index in [0.29, 0.717) is 23.3 Å². The zero-order valence-electron chi connectivity index (χ0n) is 11.3. The molecule has 0 unspecified atom stereocenters. The van der Waals surface area contributed by atoms with Gasteiger partial charge in [-0.3, -0.25) is 0 Å². The number of nitrogens with one attached hydrogen (secondary N) is 1. The third-order valence-electron chi connectivity index (χ3n) is 2.53. The monoisotopic (exact) mass is 263 g/mol. The van der Waals surface area contributed by atoms with Crippen LogP contribution >= 0.6 is 0 Å². The Kier molecular flexibility index (Phi) is 4.35. The summed E-state index contributed by atoms with van der Waals surface area (Å²) < 4.78 is 16.2. The number of aryl methyl sites for hydroxylation is 1. The molecule has 19 heavy (non-hydrogen) atoms. The molecule has 1 aromatic heterocycles. The van der Waals surface area contributed by atoms with Crippen LogP contribution in [0.2, 0.25) is 0 Å². The van der Waals surface area contributed by atoms with Gasteiger partial charge in [-0.25, -0.2) is 0 Å². The largest absolute Gasteiger partial charge is 0.493 e. The van der Waals surface area contributed by atoms with E-state index in [1.807, 2.05) is 25.2 Å². The van der Waals surface area contributed by atoms with Gasteiger partial charge in [-0.15, -0.1) is 10.2 Å². The maximum absolute atomic E-state index is 5.62. The van der Waals surface area contributed by atoms with Gasteiger partial charge in [0.25, 0.3) is 5.89 Å². The van der Waals surface area contributed by atoms with Crippen LogP contribution in [0.5, 0.6) is 11.5 Å². The minimum Gasteiger partial charge on any atom is -0.493 e. The standard InChI is InChI=1S/C13H17N3O3/c1-9-15-16-13(19-9)8-18-11-5-4-10(7-14-2)6-12(11)17-3/h4-6,14H,7-8H2,1-3H3. The number of benzene rings is 1. The molecule has 2 aromatic rings. The van der Waals surface area contributed by atoms with Gasteiger partial charge < -0.3 is 19.2 Å². The lowest BCUT2D eigenvalue weighted by molar-refractivity contribution is 0.248. The van der Waals surface area contributed by atoms with Crippen molar-refractivity contribution in [1.82, 2.24) is 15.5 Å². The van der Waals surface area contributed by atoms with Crippen LogP contribution in [0.25, 0.3) is 0 Å². The normalized spacial score (nSPS) is 10.5. The van der Waals surface area contributed by atoms with E-state index in [0.717, 1.165) is 12.1 Å². The van der Waals surface area contributed by atoms with Crippen LogP contribution in [-0.4, -0.2) is 24.4 Å². The van der Waals surface area contributed by atoms with Gasteiger partial charge in [-0.05, 0) is 24.7 Å². The molecule has 0 aliphatic heterocycles. The van der Waals surface area contributed by atoms with Crippen molar-refractivity contribution in [3.05, 3.63) is 35.5 Å². The fourth-order valence-corrected chi connectivity index (χ4v) is 1.68. The Bertz CT molecular complexity index is 540. The molecule has 0 saturated heterocycles. The zero-order valence-corrected chi connectivity index (χ0v) is 11.3. The molecule has 0 saturated carbocycles. The average molecular weight is 263 g/mol. The van der Waals surface area contributed by atoms with Crippen LogP contribution in [0.15, 0.2) is 22.6 Å². The highest BCUT2D eigenvalue weighted by Gasteiger charge is 2.08. The lowest BCUT2D eigenvalue weighted by Crippen LogP contribution is -2.05. The maximum Gasteiger partial charge on any atom is 0.253 e. The SMILES string of the molecule is CNCc1ccc(OCc2nnc(C)o2)c(OC)c1. The summed E-state index contributed by atoms with van der Waals surface area (Å²) >= 11 is 0. The molecule has 6 heteroatoms. The van der Waals surface area contributed by atoms with Gasteiger partial charge >= 0.3 is 0 Å². The summed E-state index contributed by atoms with van der Waals surface area (Å²) in [5.74, 6) is 2.30. The van der Waals surface area contributed by atoms with Gasteiger partial charge in [0, 0.05) is 13.5 Å². The van der Waals surface area contributed by atoms with E-state index in [4.69, 9.17) is 13.9 Å². The number of aromatic nitrogens is 2. The van der Waals surface area contributed by atoms with Gasteiger partial charge in [0.15, 0.2) is 18.1 Å². The Morgan fingerprint density at radius 1 is 1.26 bits per heavy atom. The van der Waals surface area contributed by atoms with Crippen LogP contribution in [0.4, 0.5) is 0 Å². The Labute approximate surface area is 111 Å². The Balaban J connectivity index is 2.06. The van der Waals surface area contributed by atoms with Crippen LogP contribution in [0.3, 0.4) is 0 Å². The number of nitrogens with zero attached hydrogens (tertiary/aromatic N) is 2. The van der Waals surface area contributed by atoms with Gasteiger partial charge in [0.1, 0.15) is 0 Å². The van der Waals surface area contributed by atoms with Crippen LogP contribution in [-0.2, 0) is 13.2 Å². The van der Waals surface area contributed by atoms with E-state index in [9.17, 15) is 0 Å². The molecular weight excluding hydrogens is 246 g/mol. The summed E-state index contributed by atoms with van der Waals surface area (Å²) in [4.78, 5) is 0. The van der Waals surface area contributed by atoms with Crippen molar-refractivity contribution in [2.24, 2.45) is 0 Å². The van der Waals surface area contributed by atoms with Gasteiger partial charge in [0.2, 0.25) is 5.89 Å². The Morgan fingerprint density at radius 2 is 2.11 bits per heavy atom. The fraction of sp³-hybridized carbons (Fsp3) is 0.385. The second-order valence-corrected chi connectivity index (χ2v) is 4.02. The molecule has 0 amide bonds. The van der Waals surface area contributed by atoms with Crippen LogP contribution in [0.1, 0.15) is 17.3 Å². The first-order valence-corrected chi connectivity index (χ1v) is 5.96. The topological polar surface area (TPSA) is 69.4 Å². The van der Waals surface area contributed by atoms with Crippen molar-refractivity contribution in [3.8, 4) is 11.5 Å². The maximum atomic E-state index is 5.62. The number of rotatable bonds is 6. The fourth-order valence-electron chi connectivity index (χ4n) is 1.68. The minimum atomic E-state index is 0.225. The predicted molar refractivity (Wildman–Crippen MR) is 69.1 cm³/mol. The molecular formula is C13H17N3O3. The highest BCUT2D eigenvalue weighted by Crippen LogP contribution is 2.28. The van der Waals surface area contributed by atoms with Gasteiger partial charge in [0.05, 0.1) is 7.11 Å². The smallest absolute Gasteiger partial charge is 0.253 e. The van der Waals surface area contributed by atoms with E-state index >= 15 is 0 Å². The van der Waals surface area contributed by atoms with Gasteiger partial charge in [-0.2, -0.15) is 0 Å². The lowest BCUT2D eigenvalue weighted by Gasteiger charge is -2.10. The van der Waals surface area contributed by atoms with E-state index in [2.05, 4.69) is 15.5 Å². The van der Waals surface area contributed by atoms with Crippen molar-refractivity contribution in [2.75, 3.05) is 14.2 Å². The molecule has 0 spiro atoms. The van der Waals surface area contributed by atoms with Crippen LogP contribution in [0, 0.1) is 6.92 Å². The van der Waals surface area contributed by atoms with Crippen molar-refractivity contribution in [1.29, 1.82) is 0 Å². The summed E-state index contributed by atoms with van der Waals surface area (Å²) in [6, 6.07) is 5.78. The molecule has 1 N–H and O–H groups in total. The summed E-state index contributed by atoms with van der Waals surface area (Å²) in [5, 5.41) is 10.7. The number of methoxy groups -OCH3 is 1. The van der Waals surface area contributed by atoms with Crippen molar-refractivity contribution in [3.63, 3.8) is 0 Å². The zero-order chi connectivity index (χ0) is 13.7. The first-order valence-electron chi connectivity index (χ1n) is 5.96. The van der Waals surface area contributed by atoms with E-state index in [1.54, 1.807) is 14.0 Å². The highest BCUT2D eigenvalue weighted by molar-refractivity contribution is 5.42. The molecule has 1 aromatic carbocycles. The number of hydrogen-bond acceptors (Lipinski definition) is 6. The predicted octanol–water partition coefficient (Wildman–Crippen LogP) is 1.69. The van der Waals surface area contributed by atoms with Crippen LogP contribution < -0.4 is 14.8 Å². The molecule has 6 nitrogen and oxygen atoms in total. The minimum absolute atomic E-state index is 0.225. The second-order valence-electron chi connectivity index (χ2n) is 4.02. The molecule has 0 atom stereocenters. The molecule has 1 heterocycles. The first kappa shape index (κ1) is 13.4. The molecule has 0 bridgehead atoms. The highest BCUT2D eigenvalue weighted by atomic mass is 16.5. The Hall–Kier alpha value is -2.08. The summed E-state index contributed by atoms with van der Waals surface area (Å²) in [7, 11) is 3.51. The molecule has 0 aliphatic carbocycles. The molecule has 0 fully saturated rings. The molecule has 2 rings (SSSR count). The number of hydrogen-bond donors (Lipinski definition) is 1. The average Bonchev–Trinajstić information content (AvgIpc) is 2.83. The van der Waals surface area contributed by atoms with Gasteiger partial charge in [-0.1, -0.05) is 6.07 Å². The molecule has 102 valence electrons. The lowest BCUT2D eigenvalue weighted by atomic mass is 10.2. The molecule has 0 aliphatic rings. The van der Waals surface area contributed by atoms with Crippen molar-refractivity contribution in [2.45, 2.75) is 20.1 Å². The second kappa shape index (κ2) is 6.19. The summed E-state index contributed by atoms with van der Waals surface area (Å²) in [6.45, 7) is 2.74. The summed E-state index contributed by atoms with van der Waals surface area (Å²) in [5.41, 5.74) is 1.13. The van der Waals surface area contributed by atoms with Crippen molar-refractivity contribution < 1.29 is 13.9 Å². The van der Waals surface area contributed by atoms with E-state index in [1.165, 1.54) is 0 Å². The molecule has 0 radical (unpaired) electrons. The summed E-state index contributed by atoms with van der Waals surface area (Å²) in [6.07, 6.45) is 0. The van der Waals surface area contributed by atoms with E-state index in [-0.39, 0.29) is 6.61 Å². The quantitative estimate of drug-likeness (QED) is 0.855. The third-order valence-corrected chi connectivity index (χ3v) is 2.53. The Morgan fingerprint density at radius 3 is 2.74 bits per heavy atom. The van der Waals surface area contributed by atoms with Crippen molar-refractivity contribution >= 4 is 0 Å². The third kappa shape index (κ3) is 3.45. The number of ether oxygens (including phenoxy) is 2.